The van der Waals surface area contributed by atoms with Crippen molar-refractivity contribution in [2.45, 2.75) is 0 Å². The third-order valence-corrected chi connectivity index (χ3v) is 5.21. The van der Waals surface area contributed by atoms with Crippen LogP contribution in [0.2, 0.25) is 5.02 Å². The van der Waals surface area contributed by atoms with Gasteiger partial charge in [0.25, 0.3) is 0 Å². The Bertz CT molecular complexity index is 1200. The van der Waals surface area contributed by atoms with Gasteiger partial charge in [-0.25, -0.2) is 14.4 Å². The third-order valence-electron chi connectivity index (χ3n) is 4.99. The van der Waals surface area contributed by atoms with Crippen LogP contribution in [0.3, 0.4) is 0 Å². The lowest BCUT2D eigenvalue weighted by atomic mass is 10.2. The van der Waals surface area contributed by atoms with E-state index >= 15 is 0 Å². The molecule has 11 heteroatoms. The van der Waals surface area contributed by atoms with Gasteiger partial charge in [-0.2, -0.15) is 4.98 Å². The molecule has 35 heavy (non-hydrogen) atoms. The molecule has 2 aromatic carbocycles. The summed E-state index contributed by atoms with van der Waals surface area (Å²) in [6.45, 7) is 5.06. The number of nitrogens with one attached hydrogen (secondary N) is 2. The van der Waals surface area contributed by atoms with Crippen molar-refractivity contribution in [1.29, 1.82) is 0 Å². The van der Waals surface area contributed by atoms with Gasteiger partial charge in [-0.05, 0) is 44.4 Å². The monoisotopic (exact) mass is 499 g/mol. The van der Waals surface area contributed by atoms with Gasteiger partial charge in [-0.1, -0.05) is 18.2 Å². The predicted molar refractivity (Wildman–Crippen MR) is 137 cm³/mol. The molecule has 1 aromatic heterocycles. The first-order chi connectivity index (χ1) is 16.7. The molecule has 0 bridgehead atoms. The van der Waals surface area contributed by atoms with Crippen molar-refractivity contribution in [2.24, 2.45) is 0 Å². The number of nitrogens with zero attached hydrogens (tertiary/aromatic N) is 5. The Morgan fingerprint density at radius 3 is 2.57 bits per heavy atom. The van der Waals surface area contributed by atoms with Crippen molar-refractivity contribution in [1.82, 2.24) is 19.9 Å². The third kappa shape index (κ3) is 6.87. The summed E-state index contributed by atoms with van der Waals surface area (Å²) in [7, 11) is 7.45. The van der Waals surface area contributed by atoms with Crippen molar-refractivity contribution in [3.05, 3.63) is 60.2 Å². The first kappa shape index (κ1) is 25.9. The number of halogens is 2. The molecule has 0 spiro atoms. The molecule has 0 aliphatic carbocycles. The van der Waals surface area contributed by atoms with Crippen LogP contribution in [0.15, 0.2) is 49.3 Å². The molecule has 0 aliphatic heterocycles. The normalized spacial score (nSPS) is 10.7. The molecule has 0 aliphatic rings. The van der Waals surface area contributed by atoms with Gasteiger partial charge in [0.05, 0.1) is 24.2 Å². The fourth-order valence-electron chi connectivity index (χ4n) is 3.20. The van der Waals surface area contributed by atoms with Crippen molar-refractivity contribution < 1.29 is 13.9 Å². The number of anilines is 4. The molecule has 0 atom stereocenters. The van der Waals surface area contributed by atoms with Gasteiger partial charge in [0.15, 0.2) is 5.82 Å². The molecule has 2 N–H and O–H groups in total. The summed E-state index contributed by atoms with van der Waals surface area (Å²) in [5, 5.41) is 6.16. The Kier molecular flexibility index (Phi) is 8.56. The fraction of sp³-hybridized carbons (Fsp3) is 0.250. The first-order valence-electron chi connectivity index (χ1n) is 10.6. The van der Waals surface area contributed by atoms with Crippen molar-refractivity contribution in [3.8, 4) is 17.1 Å². The number of hydrogen-bond donors (Lipinski definition) is 2. The number of methoxy groups -OCH3 is 1. The average molecular weight is 500 g/mol. The zero-order chi connectivity index (χ0) is 25.5. The van der Waals surface area contributed by atoms with Gasteiger partial charge >= 0.3 is 0 Å². The number of ether oxygens (including phenoxy) is 1. The van der Waals surface area contributed by atoms with Crippen LogP contribution in [0.4, 0.5) is 27.4 Å². The zero-order valence-electron chi connectivity index (χ0n) is 20.0. The Balaban J connectivity index is 1.99. The number of rotatable bonds is 10. The highest BCUT2D eigenvalue weighted by atomic mass is 35.5. The van der Waals surface area contributed by atoms with Gasteiger partial charge in [-0.3, -0.25) is 4.79 Å². The molecule has 1 amide bonds. The summed E-state index contributed by atoms with van der Waals surface area (Å²) >= 11 is 5.97. The number of amides is 1. The summed E-state index contributed by atoms with van der Waals surface area (Å²) in [4.78, 5) is 28.9. The number of likely N-dealkylation sites (N-methyl/N-ethyl adjacent to an activating group) is 2. The summed E-state index contributed by atoms with van der Waals surface area (Å²) in [6, 6.07) is 7.58. The number of carbonyl (C=O) groups is 1. The van der Waals surface area contributed by atoms with Crippen LogP contribution in [0, 0.1) is 5.82 Å². The highest BCUT2D eigenvalue weighted by Gasteiger charge is 2.17. The van der Waals surface area contributed by atoms with E-state index in [-0.39, 0.29) is 22.7 Å². The lowest BCUT2D eigenvalue weighted by molar-refractivity contribution is -0.111. The summed E-state index contributed by atoms with van der Waals surface area (Å²) in [5.74, 6) is 0.0880. The van der Waals surface area contributed by atoms with Gasteiger partial charge in [0, 0.05) is 36.8 Å². The van der Waals surface area contributed by atoms with Gasteiger partial charge in [0.1, 0.15) is 17.9 Å². The van der Waals surface area contributed by atoms with Crippen LogP contribution in [0.5, 0.6) is 5.75 Å². The number of aromatic nitrogens is 3. The molecular weight excluding hydrogens is 473 g/mol. The standard InChI is InChI=1S/C24H27ClFN7O2/c1-6-22(34)29-18-12-19(21(35-5)13-20(18)33(4)8-7-32(2)3)30-24-28-14-27-23(31-24)15-9-16(25)11-17(26)10-15/h6,9-14H,1,7-8H2,2-5H3,(H,29,34)(H,27,28,30,31). The van der Waals surface area contributed by atoms with E-state index in [2.05, 4.69) is 37.1 Å². The summed E-state index contributed by atoms with van der Waals surface area (Å²) < 4.78 is 19.4. The minimum absolute atomic E-state index is 0.198. The smallest absolute Gasteiger partial charge is 0.247 e. The van der Waals surface area contributed by atoms with E-state index in [9.17, 15) is 9.18 Å². The first-order valence-corrected chi connectivity index (χ1v) is 11.0. The van der Waals surface area contributed by atoms with Crippen LogP contribution < -0.4 is 20.3 Å². The van der Waals surface area contributed by atoms with E-state index in [0.717, 1.165) is 12.2 Å². The molecule has 0 saturated carbocycles. The Labute approximate surface area is 208 Å². The molecule has 0 fully saturated rings. The lowest BCUT2D eigenvalue weighted by Crippen LogP contribution is -2.29. The van der Waals surface area contributed by atoms with Crippen LogP contribution in [0.25, 0.3) is 11.4 Å². The maximum absolute atomic E-state index is 13.8. The predicted octanol–water partition coefficient (Wildman–Crippen LogP) is 4.21. The second-order valence-electron chi connectivity index (χ2n) is 7.90. The molecule has 184 valence electrons. The fourth-order valence-corrected chi connectivity index (χ4v) is 3.43. The number of benzene rings is 2. The average Bonchev–Trinajstić information content (AvgIpc) is 2.82. The summed E-state index contributed by atoms with van der Waals surface area (Å²) in [5.41, 5.74) is 2.22. The van der Waals surface area contributed by atoms with Crippen molar-refractivity contribution in [2.75, 3.05) is 56.9 Å². The largest absolute Gasteiger partial charge is 0.494 e. The van der Waals surface area contributed by atoms with Crippen LogP contribution in [-0.4, -0.2) is 67.1 Å². The van der Waals surface area contributed by atoms with Gasteiger partial charge in [0.2, 0.25) is 11.9 Å². The zero-order valence-corrected chi connectivity index (χ0v) is 20.7. The molecule has 0 radical (unpaired) electrons. The molecule has 0 saturated heterocycles. The van der Waals surface area contributed by atoms with Crippen molar-refractivity contribution >= 4 is 40.5 Å². The Morgan fingerprint density at radius 2 is 1.91 bits per heavy atom. The SMILES string of the molecule is C=CC(=O)Nc1cc(Nc2ncnc(-c3cc(F)cc(Cl)c3)n2)c(OC)cc1N(C)CCN(C)C. The number of hydrogen-bond acceptors (Lipinski definition) is 8. The Morgan fingerprint density at radius 1 is 1.14 bits per heavy atom. The maximum atomic E-state index is 13.8. The second-order valence-corrected chi connectivity index (χ2v) is 8.34. The maximum Gasteiger partial charge on any atom is 0.247 e. The number of carbonyl (C=O) groups excluding carboxylic acids is 1. The minimum Gasteiger partial charge on any atom is -0.494 e. The topological polar surface area (TPSA) is 95.5 Å². The van der Waals surface area contributed by atoms with Crippen LogP contribution in [-0.2, 0) is 4.79 Å². The van der Waals surface area contributed by atoms with Crippen LogP contribution in [0.1, 0.15) is 0 Å². The molecule has 1 heterocycles. The van der Waals surface area contributed by atoms with Crippen LogP contribution >= 0.6 is 11.6 Å². The van der Waals surface area contributed by atoms with E-state index in [0.29, 0.717) is 29.2 Å². The minimum atomic E-state index is -0.499. The molecular formula is C24H27ClFN7O2. The highest BCUT2D eigenvalue weighted by molar-refractivity contribution is 6.30. The van der Waals surface area contributed by atoms with E-state index in [1.165, 1.54) is 24.5 Å². The molecule has 3 aromatic rings. The quantitative estimate of drug-likeness (QED) is 0.401. The molecule has 0 unspecified atom stereocenters. The summed E-state index contributed by atoms with van der Waals surface area (Å²) in [6.07, 6.45) is 2.50. The Hall–Kier alpha value is -3.76. The van der Waals surface area contributed by atoms with Gasteiger partial charge < -0.3 is 25.2 Å². The van der Waals surface area contributed by atoms with E-state index < -0.39 is 5.82 Å². The second kappa shape index (κ2) is 11.6. The van der Waals surface area contributed by atoms with Crippen molar-refractivity contribution in [3.63, 3.8) is 0 Å². The molecule has 3 rings (SSSR count). The van der Waals surface area contributed by atoms with E-state index in [1.807, 2.05) is 32.1 Å². The molecule has 9 nitrogen and oxygen atoms in total. The van der Waals surface area contributed by atoms with E-state index in [1.54, 1.807) is 19.2 Å². The highest BCUT2D eigenvalue weighted by Crippen LogP contribution is 2.38. The van der Waals surface area contributed by atoms with Gasteiger partial charge in [-0.15, -0.1) is 0 Å². The van der Waals surface area contributed by atoms with E-state index in [4.69, 9.17) is 16.3 Å². The lowest BCUT2D eigenvalue weighted by Gasteiger charge is -2.25.